The molecular weight excluding hydrogens is 372 g/mol. The number of hydrogen-bond acceptors (Lipinski definition) is 6. The van der Waals surface area contributed by atoms with Gasteiger partial charge < -0.3 is 20.5 Å². The summed E-state index contributed by atoms with van der Waals surface area (Å²) in [5.41, 5.74) is 7.02. The Bertz CT molecular complexity index is 878. The highest BCUT2D eigenvalue weighted by Gasteiger charge is 2.26. The molecule has 136 valence electrons. The van der Waals surface area contributed by atoms with Crippen molar-refractivity contribution < 1.29 is 19.1 Å². The standard InChI is InChI=1S/C18H18N2O4S2/c19-17(22)16-11-2-1-3-14(11)26-18(16)20-15(21)9-25-10-4-5-12-13(8-10)24-7-6-23-12/h4-5,8H,1-3,6-7,9H2,(H2,19,22)(H,20,21). The van der Waals surface area contributed by atoms with E-state index in [1.165, 1.54) is 23.1 Å². The molecular formula is C18H18N2O4S2. The molecule has 0 saturated carbocycles. The molecule has 0 radical (unpaired) electrons. The van der Waals surface area contributed by atoms with Crippen LogP contribution in [-0.2, 0) is 17.6 Å². The van der Waals surface area contributed by atoms with Crippen molar-refractivity contribution in [3.05, 3.63) is 34.2 Å². The molecule has 0 fully saturated rings. The molecule has 3 N–H and O–H groups in total. The normalized spacial score (nSPS) is 14.8. The van der Waals surface area contributed by atoms with Crippen molar-refractivity contribution in [1.82, 2.24) is 0 Å². The zero-order valence-corrected chi connectivity index (χ0v) is 15.6. The number of benzene rings is 1. The molecule has 8 heteroatoms. The van der Waals surface area contributed by atoms with Gasteiger partial charge in [0.05, 0.1) is 11.3 Å². The van der Waals surface area contributed by atoms with Gasteiger partial charge in [-0.05, 0) is 43.0 Å². The van der Waals surface area contributed by atoms with E-state index in [0.717, 1.165) is 40.3 Å². The number of aryl methyl sites for hydroxylation is 1. The van der Waals surface area contributed by atoms with Gasteiger partial charge in [0, 0.05) is 9.77 Å². The van der Waals surface area contributed by atoms with Gasteiger partial charge in [-0.15, -0.1) is 23.1 Å². The number of primary amides is 1. The van der Waals surface area contributed by atoms with Crippen LogP contribution in [0.25, 0.3) is 0 Å². The third kappa shape index (κ3) is 3.39. The van der Waals surface area contributed by atoms with Crippen LogP contribution in [-0.4, -0.2) is 30.8 Å². The molecule has 1 aliphatic carbocycles. The highest BCUT2D eigenvalue weighted by atomic mass is 32.2. The lowest BCUT2D eigenvalue weighted by Gasteiger charge is -2.18. The fourth-order valence-corrected chi connectivity index (χ4v) is 5.21. The fourth-order valence-electron chi connectivity index (χ4n) is 3.18. The summed E-state index contributed by atoms with van der Waals surface area (Å²) in [6.45, 7) is 1.08. The van der Waals surface area contributed by atoms with Gasteiger partial charge in [0.15, 0.2) is 11.5 Å². The third-order valence-electron chi connectivity index (χ3n) is 4.30. The minimum Gasteiger partial charge on any atom is -0.486 e. The molecule has 6 nitrogen and oxygen atoms in total. The van der Waals surface area contributed by atoms with Crippen molar-refractivity contribution in [2.24, 2.45) is 5.73 Å². The van der Waals surface area contributed by atoms with Crippen LogP contribution in [0.3, 0.4) is 0 Å². The zero-order chi connectivity index (χ0) is 18.1. The molecule has 0 saturated heterocycles. The number of nitrogens with one attached hydrogen (secondary N) is 1. The second kappa shape index (κ2) is 7.20. The first-order valence-corrected chi connectivity index (χ1v) is 10.2. The van der Waals surface area contributed by atoms with E-state index in [9.17, 15) is 9.59 Å². The van der Waals surface area contributed by atoms with Gasteiger partial charge in [-0.1, -0.05) is 0 Å². The van der Waals surface area contributed by atoms with Gasteiger partial charge in [0.1, 0.15) is 18.2 Å². The maximum Gasteiger partial charge on any atom is 0.251 e. The molecule has 1 aromatic carbocycles. The summed E-state index contributed by atoms with van der Waals surface area (Å²) in [6, 6.07) is 5.63. The summed E-state index contributed by atoms with van der Waals surface area (Å²) in [5.74, 6) is 1.03. The summed E-state index contributed by atoms with van der Waals surface area (Å²) in [4.78, 5) is 26.2. The van der Waals surface area contributed by atoms with Crippen LogP contribution in [0, 0.1) is 0 Å². The molecule has 26 heavy (non-hydrogen) atoms. The molecule has 2 heterocycles. The summed E-state index contributed by atoms with van der Waals surface area (Å²) < 4.78 is 11.0. The highest BCUT2D eigenvalue weighted by Crippen LogP contribution is 2.39. The van der Waals surface area contributed by atoms with Crippen LogP contribution < -0.4 is 20.5 Å². The van der Waals surface area contributed by atoms with Gasteiger partial charge in [-0.3, -0.25) is 9.59 Å². The van der Waals surface area contributed by atoms with E-state index < -0.39 is 5.91 Å². The SMILES string of the molecule is NC(=O)c1c(NC(=O)CSc2ccc3c(c2)OCCO3)sc2c1CCC2. The Balaban J connectivity index is 1.41. The van der Waals surface area contributed by atoms with Crippen molar-refractivity contribution in [2.45, 2.75) is 24.2 Å². The highest BCUT2D eigenvalue weighted by molar-refractivity contribution is 8.00. The number of anilines is 1. The number of hydrogen-bond donors (Lipinski definition) is 2. The van der Waals surface area contributed by atoms with E-state index >= 15 is 0 Å². The van der Waals surface area contributed by atoms with Crippen LogP contribution >= 0.6 is 23.1 Å². The second-order valence-electron chi connectivity index (χ2n) is 6.07. The first-order valence-electron chi connectivity index (χ1n) is 8.38. The zero-order valence-electron chi connectivity index (χ0n) is 14.0. The molecule has 2 aliphatic rings. The van der Waals surface area contributed by atoms with E-state index in [0.29, 0.717) is 29.5 Å². The minimum absolute atomic E-state index is 0.160. The first kappa shape index (κ1) is 17.2. The number of rotatable bonds is 5. The fraction of sp³-hybridized carbons (Fsp3) is 0.333. The number of carbonyl (C=O) groups excluding carboxylic acids is 2. The molecule has 4 rings (SSSR count). The monoisotopic (exact) mass is 390 g/mol. The molecule has 0 spiro atoms. The maximum atomic E-state index is 12.3. The Morgan fingerprint density at radius 2 is 2.00 bits per heavy atom. The van der Waals surface area contributed by atoms with Crippen LogP contribution in [0.5, 0.6) is 11.5 Å². The van der Waals surface area contributed by atoms with Gasteiger partial charge in [0.2, 0.25) is 5.91 Å². The molecule has 2 aromatic rings. The van der Waals surface area contributed by atoms with E-state index in [2.05, 4.69) is 5.32 Å². The van der Waals surface area contributed by atoms with Crippen molar-refractivity contribution in [3.8, 4) is 11.5 Å². The summed E-state index contributed by atoms with van der Waals surface area (Å²) in [5, 5.41) is 3.43. The topological polar surface area (TPSA) is 90.7 Å². The molecule has 0 unspecified atom stereocenters. The third-order valence-corrected chi connectivity index (χ3v) is 6.51. The second-order valence-corrected chi connectivity index (χ2v) is 8.22. The maximum absolute atomic E-state index is 12.3. The molecule has 2 amide bonds. The van der Waals surface area contributed by atoms with Crippen LogP contribution in [0.15, 0.2) is 23.1 Å². The van der Waals surface area contributed by atoms with Crippen LogP contribution in [0.1, 0.15) is 27.2 Å². The lowest BCUT2D eigenvalue weighted by atomic mass is 10.1. The lowest BCUT2D eigenvalue weighted by Crippen LogP contribution is -2.19. The number of nitrogens with two attached hydrogens (primary N) is 1. The van der Waals surface area contributed by atoms with Gasteiger partial charge in [-0.25, -0.2) is 0 Å². The van der Waals surface area contributed by atoms with Crippen molar-refractivity contribution in [1.29, 1.82) is 0 Å². The molecule has 1 aliphatic heterocycles. The minimum atomic E-state index is -0.473. The Labute approximate surface area is 159 Å². The average molecular weight is 390 g/mol. The molecule has 0 bridgehead atoms. The number of thiophene rings is 1. The summed E-state index contributed by atoms with van der Waals surface area (Å²) >= 11 is 2.87. The van der Waals surface area contributed by atoms with Crippen molar-refractivity contribution in [3.63, 3.8) is 0 Å². The van der Waals surface area contributed by atoms with E-state index in [-0.39, 0.29) is 11.7 Å². The van der Waals surface area contributed by atoms with E-state index in [1.807, 2.05) is 18.2 Å². The Kier molecular flexibility index (Phi) is 4.78. The lowest BCUT2D eigenvalue weighted by molar-refractivity contribution is -0.113. The molecule has 0 atom stereocenters. The van der Waals surface area contributed by atoms with Crippen LogP contribution in [0.2, 0.25) is 0 Å². The number of thioether (sulfide) groups is 1. The Morgan fingerprint density at radius 1 is 1.19 bits per heavy atom. The van der Waals surface area contributed by atoms with Crippen LogP contribution in [0.4, 0.5) is 5.00 Å². The molecule has 1 aromatic heterocycles. The predicted octanol–water partition coefficient (Wildman–Crippen LogP) is 2.84. The summed E-state index contributed by atoms with van der Waals surface area (Å²) in [6.07, 6.45) is 2.84. The number of fused-ring (bicyclic) bond motifs is 2. The number of ether oxygens (including phenoxy) is 2. The summed E-state index contributed by atoms with van der Waals surface area (Å²) in [7, 11) is 0. The largest absolute Gasteiger partial charge is 0.486 e. The number of amides is 2. The van der Waals surface area contributed by atoms with Gasteiger partial charge in [-0.2, -0.15) is 0 Å². The van der Waals surface area contributed by atoms with Gasteiger partial charge in [0.25, 0.3) is 5.91 Å². The van der Waals surface area contributed by atoms with E-state index in [4.69, 9.17) is 15.2 Å². The quantitative estimate of drug-likeness (QED) is 0.766. The van der Waals surface area contributed by atoms with Crippen molar-refractivity contribution >= 4 is 39.9 Å². The Morgan fingerprint density at radius 3 is 2.81 bits per heavy atom. The van der Waals surface area contributed by atoms with Crippen molar-refractivity contribution in [2.75, 3.05) is 24.3 Å². The van der Waals surface area contributed by atoms with E-state index in [1.54, 1.807) is 0 Å². The smallest absolute Gasteiger partial charge is 0.251 e. The predicted molar refractivity (Wildman–Crippen MR) is 102 cm³/mol. The first-order chi connectivity index (χ1) is 12.6. The Hall–Kier alpha value is -2.19. The average Bonchev–Trinajstić information content (AvgIpc) is 3.20. The number of carbonyl (C=O) groups is 2. The van der Waals surface area contributed by atoms with Gasteiger partial charge >= 0.3 is 0 Å².